The van der Waals surface area contributed by atoms with Gasteiger partial charge in [-0.1, -0.05) is 18.2 Å². The molecule has 0 radical (unpaired) electrons. The van der Waals surface area contributed by atoms with Crippen LogP contribution in [0.1, 0.15) is 11.1 Å². The summed E-state index contributed by atoms with van der Waals surface area (Å²) in [5.41, 5.74) is 4.21. The number of aromatic hydroxyl groups is 1. The van der Waals surface area contributed by atoms with Gasteiger partial charge in [0.1, 0.15) is 0 Å². The Balaban J connectivity index is 2.58. The van der Waals surface area contributed by atoms with Crippen molar-refractivity contribution in [3.63, 3.8) is 0 Å². The van der Waals surface area contributed by atoms with Crippen LogP contribution in [0, 0.1) is 13.8 Å². The van der Waals surface area contributed by atoms with Crippen molar-refractivity contribution < 1.29 is 5.11 Å². The predicted molar refractivity (Wildman–Crippen MR) is 58.6 cm³/mol. The zero-order chi connectivity index (χ0) is 10.8. The van der Waals surface area contributed by atoms with Gasteiger partial charge in [0.2, 0.25) is 5.88 Å². The topological polar surface area (TPSA) is 46.0 Å². The SMILES string of the molecule is Cc1cccc(C)c1-c1ccc(O)nn1. The van der Waals surface area contributed by atoms with Crippen LogP contribution in [0.4, 0.5) is 0 Å². The van der Waals surface area contributed by atoms with Crippen molar-refractivity contribution in [2.24, 2.45) is 0 Å². The molecule has 0 unspecified atom stereocenters. The fourth-order valence-electron chi connectivity index (χ4n) is 1.68. The summed E-state index contributed by atoms with van der Waals surface area (Å²) in [5.74, 6) is -0.0509. The number of nitrogens with zero attached hydrogens (tertiary/aromatic N) is 2. The van der Waals surface area contributed by atoms with Gasteiger partial charge >= 0.3 is 0 Å². The second-order valence-corrected chi connectivity index (χ2v) is 3.54. The molecular weight excluding hydrogens is 188 g/mol. The third-order valence-electron chi connectivity index (χ3n) is 2.39. The summed E-state index contributed by atoms with van der Waals surface area (Å²) in [6.45, 7) is 4.08. The summed E-state index contributed by atoms with van der Waals surface area (Å²) >= 11 is 0. The van der Waals surface area contributed by atoms with Crippen LogP contribution < -0.4 is 0 Å². The second-order valence-electron chi connectivity index (χ2n) is 3.54. The Hall–Kier alpha value is -1.90. The predicted octanol–water partition coefficient (Wildman–Crippen LogP) is 2.47. The van der Waals surface area contributed by atoms with Crippen molar-refractivity contribution in [2.45, 2.75) is 13.8 Å². The van der Waals surface area contributed by atoms with Gasteiger partial charge in [-0.15, -0.1) is 10.2 Å². The van der Waals surface area contributed by atoms with Crippen molar-refractivity contribution in [2.75, 3.05) is 0 Å². The molecule has 0 aliphatic carbocycles. The van der Waals surface area contributed by atoms with E-state index in [0.717, 1.165) is 22.4 Å². The van der Waals surface area contributed by atoms with Crippen LogP contribution in [0.2, 0.25) is 0 Å². The van der Waals surface area contributed by atoms with E-state index in [1.165, 1.54) is 0 Å². The molecule has 15 heavy (non-hydrogen) atoms. The van der Waals surface area contributed by atoms with Gasteiger partial charge < -0.3 is 5.11 Å². The third kappa shape index (κ3) is 1.81. The summed E-state index contributed by atoms with van der Waals surface area (Å²) in [6.07, 6.45) is 0. The molecule has 1 aromatic carbocycles. The van der Waals surface area contributed by atoms with E-state index in [2.05, 4.69) is 10.2 Å². The number of aromatic nitrogens is 2. The van der Waals surface area contributed by atoms with Gasteiger partial charge in [-0.25, -0.2) is 0 Å². The minimum absolute atomic E-state index is 0.0509. The largest absolute Gasteiger partial charge is 0.492 e. The maximum absolute atomic E-state index is 9.07. The first-order valence-corrected chi connectivity index (χ1v) is 4.78. The number of rotatable bonds is 1. The Morgan fingerprint density at radius 1 is 0.933 bits per heavy atom. The van der Waals surface area contributed by atoms with E-state index >= 15 is 0 Å². The first-order valence-electron chi connectivity index (χ1n) is 4.78. The molecule has 3 heteroatoms. The highest BCUT2D eigenvalue weighted by molar-refractivity contribution is 5.66. The molecule has 0 spiro atoms. The van der Waals surface area contributed by atoms with Crippen LogP contribution in [0.3, 0.4) is 0 Å². The quantitative estimate of drug-likeness (QED) is 0.769. The molecule has 3 nitrogen and oxygen atoms in total. The van der Waals surface area contributed by atoms with Gasteiger partial charge in [-0.2, -0.15) is 0 Å². The molecule has 2 aromatic rings. The van der Waals surface area contributed by atoms with Gasteiger partial charge in [-0.05, 0) is 31.0 Å². The van der Waals surface area contributed by atoms with Gasteiger partial charge in [0.05, 0.1) is 5.69 Å². The van der Waals surface area contributed by atoms with Gasteiger partial charge in [-0.3, -0.25) is 0 Å². The maximum atomic E-state index is 9.07. The van der Waals surface area contributed by atoms with Crippen LogP contribution in [0.25, 0.3) is 11.3 Å². The van der Waals surface area contributed by atoms with E-state index in [-0.39, 0.29) is 5.88 Å². The molecule has 0 saturated heterocycles. The summed E-state index contributed by atoms with van der Waals surface area (Å²) in [6, 6.07) is 9.42. The van der Waals surface area contributed by atoms with Crippen LogP contribution in [-0.4, -0.2) is 15.3 Å². The van der Waals surface area contributed by atoms with Crippen LogP contribution in [0.5, 0.6) is 5.88 Å². The van der Waals surface area contributed by atoms with Crippen LogP contribution in [-0.2, 0) is 0 Å². The highest BCUT2D eigenvalue weighted by Crippen LogP contribution is 2.25. The Morgan fingerprint density at radius 2 is 1.60 bits per heavy atom. The molecule has 0 aliphatic rings. The van der Waals surface area contributed by atoms with Gasteiger partial charge in [0.25, 0.3) is 0 Å². The van der Waals surface area contributed by atoms with Crippen molar-refractivity contribution >= 4 is 0 Å². The molecule has 0 fully saturated rings. The summed E-state index contributed by atoms with van der Waals surface area (Å²) < 4.78 is 0. The minimum atomic E-state index is -0.0509. The summed E-state index contributed by atoms with van der Waals surface area (Å²) in [4.78, 5) is 0. The highest BCUT2D eigenvalue weighted by atomic mass is 16.3. The number of hydrogen-bond donors (Lipinski definition) is 1. The number of hydrogen-bond acceptors (Lipinski definition) is 3. The van der Waals surface area contributed by atoms with Crippen LogP contribution in [0.15, 0.2) is 30.3 Å². The maximum Gasteiger partial charge on any atom is 0.230 e. The number of benzene rings is 1. The van der Waals surface area contributed by atoms with E-state index in [1.807, 2.05) is 32.0 Å². The molecule has 0 saturated carbocycles. The third-order valence-corrected chi connectivity index (χ3v) is 2.39. The fourth-order valence-corrected chi connectivity index (χ4v) is 1.68. The van der Waals surface area contributed by atoms with Crippen LogP contribution >= 0.6 is 0 Å². The molecule has 0 amide bonds. The lowest BCUT2D eigenvalue weighted by atomic mass is 10.00. The molecule has 1 N–H and O–H groups in total. The zero-order valence-corrected chi connectivity index (χ0v) is 8.73. The van der Waals surface area contributed by atoms with Crippen molar-refractivity contribution in [3.8, 4) is 17.1 Å². The van der Waals surface area contributed by atoms with E-state index in [1.54, 1.807) is 12.1 Å². The Bertz CT molecular complexity index is 457. The second kappa shape index (κ2) is 3.69. The Morgan fingerprint density at radius 3 is 2.13 bits per heavy atom. The van der Waals surface area contributed by atoms with E-state index in [9.17, 15) is 0 Å². The zero-order valence-electron chi connectivity index (χ0n) is 8.73. The van der Waals surface area contributed by atoms with Gasteiger partial charge in [0.15, 0.2) is 0 Å². The lowest BCUT2D eigenvalue weighted by Gasteiger charge is -2.07. The fraction of sp³-hybridized carbons (Fsp3) is 0.167. The van der Waals surface area contributed by atoms with Gasteiger partial charge in [0, 0.05) is 11.6 Å². The van der Waals surface area contributed by atoms with Crippen molar-refractivity contribution in [1.82, 2.24) is 10.2 Å². The first-order chi connectivity index (χ1) is 7.18. The lowest BCUT2D eigenvalue weighted by Crippen LogP contribution is -1.92. The van der Waals surface area contributed by atoms with Crippen molar-refractivity contribution in [3.05, 3.63) is 41.5 Å². The molecule has 1 heterocycles. The van der Waals surface area contributed by atoms with E-state index in [0.29, 0.717) is 0 Å². The lowest BCUT2D eigenvalue weighted by molar-refractivity contribution is 0.445. The highest BCUT2D eigenvalue weighted by Gasteiger charge is 2.06. The smallest absolute Gasteiger partial charge is 0.230 e. The average molecular weight is 200 g/mol. The standard InChI is InChI=1S/C12H12N2O/c1-8-4-3-5-9(2)12(8)10-6-7-11(15)14-13-10/h3-7H,1-2H3,(H,14,15). The molecule has 2 rings (SSSR count). The van der Waals surface area contributed by atoms with E-state index in [4.69, 9.17) is 5.11 Å². The monoisotopic (exact) mass is 200 g/mol. The van der Waals surface area contributed by atoms with Crippen molar-refractivity contribution in [1.29, 1.82) is 0 Å². The Labute approximate surface area is 88.4 Å². The molecule has 1 aromatic heterocycles. The minimum Gasteiger partial charge on any atom is -0.492 e. The summed E-state index contributed by atoms with van der Waals surface area (Å²) in [7, 11) is 0. The molecular formula is C12H12N2O. The molecule has 76 valence electrons. The molecule has 0 bridgehead atoms. The first kappa shape index (κ1) is 9.65. The average Bonchev–Trinajstić information content (AvgIpc) is 2.20. The Kier molecular flexibility index (Phi) is 2.37. The molecule has 0 atom stereocenters. The summed E-state index contributed by atoms with van der Waals surface area (Å²) in [5, 5.41) is 16.7. The molecule has 0 aliphatic heterocycles. The normalized spacial score (nSPS) is 10.3. The number of aryl methyl sites for hydroxylation is 2. The van der Waals surface area contributed by atoms with E-state index < -0.39 is 0 Å².